The minimum atomic E-state index is 0. The monoisotopic (exact) mass is 334 g/mol. The lowest BCUT2D eigenvalue weighted by Crippen LogP contribution is -2.41. The lowest BCUT2D eigenvalue weighted by molar-refractivity contribution is -0.127. The first-order valence-corrected chi connectivity index (χ1v) is 10.4. The van der Waals surface area contributed by atoms with E-state index in [-0.39, 0.29) is 8.85 Å². The normalized spacial score (nSPS) is 54.5. The summed E-state index contributed by atoms with van der Waals surface area (Å²) >= 11 is 0. The van der Waals surface area contributed by atoms with Gasteiger partial charge in [0.1, 0.15) is 5.78 Å². The summed E-state index contributed by atoms with van der Waals surface area (Å²) in [6.45, 7) is 11.6. The first kappa shape index (κ1) is 18.5. The van der Waals surface area contributed by atoms with Crippen molar-refractivity contribution in [2.24, 2.45) is 45.8 Å². The van der Waals surface area contributed by atoms with Crippen LogP contribution in [0.3, 0.4) is 0 Å². The largest absolute Gasteiger partial charge is 0.300 e. The SMILES string of the molecule is C.CCCC12C(CC)CCC13C1CC(C)C(C(C)=O)C1(C)CCC23.[HH]. The summed E-state index contributed by atoms with van der Waals surface area (Å²) in [4.78, 5) is 12.5. The van der Waals surface area contributed by atoms with Crippen molar-refractivity contribution in [3.8, 4) is 0 Å². The molecule has 1 heteroatoms. The highest BCUT2D eigenvalue weighted by Gasteiger charge is 2.85. The van der Waals surface area contributed by atoms with E-state index in [9.17, 15) is 4.79 Å². The zero-order valence-electron chi connectivity index (χ0n) is 16.0. The Kier molecular flexibility index (Phi) is 4.29. The van der Waals surface area contributed by atoms with E-state index in [1.807, 2.05) is 6.92 Å². The van der Waals surface area contributed by atoms with Crippen LogP contribution in [-0.2, 0) is 4.79 Å². The highest BCUT2D eigenvalue weighted by molar-refractivity contribution is 5.80. The van der Waals surface area contributed by atoms with E-state index in [2.05, 4.69) is 27.7 Å². The van der Waals surface area contributed by atoms with Gasteiger partial charge in [0, 0.05) is 7.34 Å². The van der Waals surface area contributed by atoms with Crippen molar-refractivity contribution in [3.05, 3.63) is 0 Å². The second-order valence-corrected chi connectivity index (χ2v) is 9.93. The van der Waals surface area contributed by atoms with Gasteiger partial charge < -0.3 is 0 Å². The first-order chi connectivity index (χ1) is 10.9. The molecule has 0 heterocycles. The van der Waals surface area contributed by atoms with Crippen LogP contribution in [0.4, 0.5) is 0 Å². The molecule has 4 aliphatic rings. The lowest BCUT2D eigenvalue weighted by atomic mass is 9.59. The van der Waals surface area contributed by atoms with Crippen LogP contribution in [0.15, 0.2) is 0 Å². The molecular formula is C23H42O. The third-order valence-corrected chi connectivity index (χ3v) is 9.53. The third kappa shape index (κ3) is 1.75. The Balaban J connectivity index is 0.00000113. The van der Waals surface area contributed by atoms with Crippen molar-refractivity contribution in [2.45, 2.75) is 93.4 Å². The lowest BCUT2D eigenvalue weighted by Gasteiger charge is -2.45. The van der Waals surface area contributed by atoms with Crippen molar-refractivity contribution in [3.63, 3.8) is 0 Å². The second-order valence-electron chi connectivity index (χ2n) is 9.93. The van der Waals surface area contributed by atoms with Gasteiger partial charge in [-0.15, -0.1) is 0 Å². The number of ketones is 1. The van der Waals surface area contributed by atoms with Gasteiger partial charge in [-0.1, -0.05) is 48.0 Å². The number of carbonyl (C=O) groups excluding carboxylic acids is 1. The quantitative estimate of drug-likeness (QED) is 0.555. The van der Waals surface area contributed by atoms with Crippen LogP contribution in [0.2, 0.25) is 0 Å². The van der Waals surface area contributed by atoms with E-state index in [1.165, 1.54) is 51.4 Å². The molecule has 140 valence electrons. The van der Waals surface area contributed by atoms with E-state index < -0.39 is 0 Å². The molecule has 0 aliphatic heterocycles. The maximum Gasteiger partial charge on any atom is 0.133 e. The zero-order valence-corrected chi connectivity index (χ0v) is 16.0. The Morgan fingerprint density at radius 2 is 1.88 bits per heavy atom. The molecule has 0 amide bonds. The van der Waals surface area contributed by atoms with Crippen LogP contribution in [0, 0.1) is 45.8 Å². The summed E-state index contributed by atoms with van der Waals surface area (Å²) in [5, 5.41) is 0. The van der Waals surface area contributed by atoms with Crippen LogP contribution >= 0.6 is 0 Å². The average Bonchev–Trinajstić information content (AvgIpc) is 2.76. The van der Waals surface area contributed by atoms with Gasteiger partial charge in [0.2, 0.25) is 0 Å². The molecule has 0 aromatic heterocycles. The van der Waals surface area contributed by atoms with Gasteiger partial charge in [-0.2, -0.15) is 0 Å². The number of hydrogen-bond donors (Lipinski definition) is 0. The van der Waals surface area contributed by atoms with E-state index in [1.54, 1.807) is 0 Å². The number of rotatable bonds is 4. The minimum absolute atomic E-state index is 0. The molecule has 0 aromatic carbocycles. The molecule has 4 rings (SSSR count). The van der Waals surface area contributed by atoms with Gasteiger partial charge in [-0.3, -0.25) is 4.79 Å². The third-order valence-electron chi connectivity index (χ3n) is 9.53. The molecule has 1 nitrogen and oxygen atoms in total. The fourth-order valence-corrected chi connectivity index (χ4v) is 9.43. The molecule has 8 unspecified atom stereocenters. The molecule has 0 N–H and O–H groups in total. The second kappa shape index (κ2) is 5.58. The van der Waals surface area contributed by atoms with Crippen molar-refractivity contribution in [1.82, 2.24) is 0 Å². The van der Waals surface area contributed by atoms with Crippen LogP contribution in [0.25, 0.3) is 0 Å². The molecule has 4 aliphatic carbocycles. The van der Waals surface area contributed by atoms with Crippen LogP contribution in [-0.4, -0.2) is 5.78 Å². The zero-order chi connectivity index (χ0) is 16.6. The van der Waals surface area contributed by atoms with Crippen molar-refractivity contribution in [1.29, 1.82) is 0 Å². The topological polar surface area (TPSA) is 17.1 Å². The maximum atomic E-state index is 12.5. The standard InChI is InChI=1S/C22H36O.CH4.H2/c1-6-10-21-16(7-2)8-12-22(21)17(21)9-11-20(5)18(22)13-14(3)19(20)15(4)23;;/h14,16-19H,6-13H2,1-5H3;1H4;1H. The van der Waals surface area contributed by atoms with Crippen molar-refractivity contribution in [2.75, 3.05) is 0 Å². The molecule has 1 spiro atoms. The van der Waals surface area contributed by atoms with Gasteiger partial charge in [-0.05, 0) is 85.4 Å². The summed E-state index contributed by atoms with van der Waals surface area (Å²) in [5.41, 5.74) is 1.61. The molecule has 0 bridgehead atoms. The Bertz CT molecular complexity index is 530. The van der Waals surface area contributed by atoms with E-state index in [0.29, 0.717) is 33.9 Å². The Morgan fingerprint density at radius 1 is 1.17 bits per heavy atom. The van der Waals surface area contributed by atoms with E-state index in [4.69, 9.17) is 0 Å². The highest BCUT2D eigenvalue weighted by atomic mass is 16.1. The highest BCUT2D eigenvalue weighted by Crippen LogP contribution is 2.91. The van der Waals surface area contributed by atoms with Gasteiger partial charge >= 0.3 is 0 Å². The van der Waals surface area contributed by atoms with Crippen molar-refractivity contribution < 1.29 is 6.22 Å². The maximum absolute atomic E-state index is 12.5. The summed E-state index contributed by atoms with van der Waals surface area (Å²) in [6.07, 6.45) is 11.2. The van der Waals surface area contributed by atoms with E-state index in [0.717, 1.165) is 17.8 Å². The Labute approximate surface area is 151 Å². The smallest absolute Gasteiger partial charge is 0.133 e. The summed E-state index contributed by atoms with van der Waals surface area (Å²) in [5.74, 6) is 4.23. The van der Waals surface area contributed by atoms with Crippen LogP contribution < -0.4 is 0 Å². The van der Waals surface area contributed by atoms with Crippen LogP contribution in [0.1, 0.15) is 94.8 Å². The van der Waals surface area contributed by atoms with Gasteiger partial charge in [0.05, 0.1) is 0 Å². The van der Waals surface area contributed by atoms with E-state index >= 15 is 0 Å². The molecule has 24 heavy (non-hydrogen) atoms. The summed E-state index contributed by atoms with van der Waals surface area (Å²) < 4.78 is 0. The Morgan fingerprint density at radius 3 is 2.46 bits per heavy atom. The summed E-state index contributed by atoms with van der Waals surface area (Å²) in [6, 6.07) is 0. The van der Waals surface area contributed by atoms with Crippen molar-refractivity contribution >= 4 is 5.78 Å². The van der Waals surface area contributed by atoms with Gasteiger partial charge in [-0.25, -0.2) is 0 Å². The average molecular weight is 335 g/mol. The molecular weight excluding hydrogens is 292 g/mol. The fraction of sp³-hybridized carbons (Fsp3) is 0.957. The molecule has 0 radical (unpaired) electrons. The molecule has 0 aromatic rings. The van der Waals surface area contributed by atoms with Gasteiger partial charge in [0.25, 0.3) is 0 Å². The molecule has 4 fully saturated rings. The molecule has 0 saturated heterocycles. The van der Waals surface area contributed by atoms with Crippen LogP contribution in [0.5, 0.6) is 0 Å². The number of fused-ring (bicyclic) bond motifs is 2. The fourth-order valence-electron chi connectivity index (χ4n) is 9.43. The summed E-state index contributed by atoms with van der Waals surface area (Å²) in [7, 11) is 0. The first-order valence-electron chi connectivity index (χ1n) is 10.4. The predicted octanol–water partition coefficient (Wildman–Crippen LogP) is 6.75. The number of carbonyl (C=O) groups is 1. The molecule has 8 atom stereocenters. The number of Topliss-reactive ketones (excluding diaryl/α,β-unsaturated/α-hetero) is 1. The molecule has 4 saturated carbocycles. The number of hydrogen-bond acceptors (Lipinski definition) is 1. The minimum Gasteiger partial charge on any atom is -0.300 e. The van der Waals surface area contributed by atoms with Gasteiger partial charge in [0.15, 0.2) is 0 Å². The predicted molar refractivity (Wildman–Crippen MR) is 104 cm³/mol. The Hall–Kier alpha value is -0.330.